The van der Waals surface area contributed by atoms with Crippen molar-refractivity contribution in [1.29, 1.82) is 0 Å². The smallest absolute Gasteiger partial charge is 0.416 e. The van der Waals surface area contributed by atoms with Crippen LogP contribution in [-0.4, -0.2) is 31.8 Å². The van der Waals surface area contributed by atoms with E-state index in [0.29, 0.717) is 16.5 Å². The highest BCUT2D eigenvalue weighted by atomic mass is 32.1. The van der Waals surface area contributed by atoms with E-state index in [1.54, 1.807) is 24.3 Å². The highest BCUT2D eigenvalue weighted by molar-refractivity contribution is 7.09. The van der Waals surface area contributed by atoms with Gasteiger partial charge >= 0.3 is 6.09 Å². The molecule has 0 saturated heterocycles. The van der Waals surface area contributed by atoms with Gasteiger partial charge in [0.05, 0.1) is 5.52 Å². The standard InChI is InChI=1S/C14H11N3O4S/c15-12(19)9-6-22-13(16-9)11(18)8-5-17(14(20)21)10-4-2-1-3-7(8)10/h1-6,11,18H,(H2,15,19)(H,20,21). The van der Waals surface area contributed by atoms with Gasteiger partial charge in [0.25, 0.3) is 5.91 Å². The third kappa shape index (κ3) is 2.24. The molecule has 22 heavy (non-hydrogen) atoms. The molecule has 0 saturated carbocycles. The van der Waals surface area contributed by atoms with Crippen LogP contribution in [0.2, 0.25) is 0 Å². The quantitative estimate of drug-likeness (QED) is 0.680. The van der Waals surface area contributed by atoms with E-state index in [-0.39, 0.29) is 10.7 Å². The average molecular weight is 317 g/mol. The lowest BCUT2D eigenvalue weighted by molar-refractivity contribution is 0.0995. The Morgan fingerprint density at radius 2 is 2.05 bits per heavy atom. The maximum atomic E-state index is 11.3. The second-order valence-electron chi connectivity index (χ2n) is 4.59. The van der Waals surface area contributed by atoms with E-state index >= 15 is 0 Å². The Balaban J connectivity index is 2.12. The number of hydrogen-bond donors (Lipinski definition) is 3. The first-order valence-electron chi connectivity index (χ1n) is 6.25. The van der Waals surface area contributed by atoms with E-state index in [0.717, 1.165) is 15.9 Å². The molecule has 0 fully saturated rings. The number of thiazole rings is 1. The van der Waals surface area contributed by atoms with Crippen molar-refractivity contribution in [3.8, 4) is 0 Å². The van der Waals surface area contributed by atoms with E-state index < -0.39 is 18.1 Å². The fourth-order valence-electron chi connectivity index (χ4n) is 2.24. The first kappa shape index (κ1) is 14.2. The van der Waals surface area contributed by atoms with Gasteiger partial charge < -0.3 is 15.9 Å². The van der Waals surface area contributed by atoms with Crippen molar-refractivity contribution in [2.45, 2.75) is 6.10 Å². The fraction of sp³-hybridized carbons (Fsp3) is 0.0714. The Labute approximate surface area is 128 Å². The zero-order chi connectivity index (χ0) is 15.9. The summed E-state index contributed by atoms with van der Waals surface area (Å²) in [6, 6.07) is 6.83. The van der Waals surface area contributed by atoms with Crippen LogP contribution < -0.4 is 5.73 Å². The molecule has 3 rings (SSSR count). The normalized spacial score (nSPS) is 12.4. The summed E-state index contributed by atoms with van der Waals surface area (Å²) in [4.78, 5) is 26.4. The lowest BCUT2D eigenvalue weighted by Crippen LogP contribution is -2.11. The number of aromatic nitrogens is 2. The molecule has 1 atom stereocenters. The average Bonchev–Trinajstić information content (AvgIpc) is 3.12. The Bertz CT molecular complexity index is 883. The highest BCUT2D eigenvalue weighted by Crippen LogP contribution is 2.32. The number of carbonyl (C=O) groups excluding carboxylic acids is 1. The summed E-state index contributed by atoms with van der Waals surface area (Å²) in [6.07, 6.45) is -0.932. The maximum Gasteiger partial charge on any atom is 0.416 e. The summed E-state index contributed by atoms with van der Waals surface area (Å²) < 4.78 is 1.04. The highest BCUT2D eigenvalue weighted by Gasteiger charge is 2.22. The third-order valence-corrected chi connectivity index (χ3v) is 4.15. The van der Waals surface area contributed by atoms with Crippen LogP contribution in [0, 0.1) is 0 Å². The van der Waals surface area contributed by atoms with E-state index in [1.165, 1.54) is 11.6 Å². The van der Waals surface area contributed by atoms with Crippen molar-refractivity contribution >= 4 is 34.2 Å². The summed E-state index contributed by atoms with van der Waals surface area (Å²) >= 11 is 1.09. The van der Waals surface area contributed by atoms with E-state index in [1.807, 2.05) is 0 Å². The van der Waals surface area contributed by atoms with Crippen LogP contribution in [0.4, 0.5) is 4.79 Å². The molecule has 2 heterocycles. The van der Waals surface area contributed by atoms with Gasteiger partial charge in [-0.2, -0.15) is 0 Å². The Kier molecular flexibility index (Phi) is 3.39. The molecule has 0 radical (unpaired) electrons. The summed E-state index contributed by atoms with van der Waals surface area (Å²) in [5, 5.41) is 22.0. The lowest BCUT2D eigenvalue weighted by atomic mass is 10.1. The van der Waals surface area contributed by atoms with E-state index in [9.17, 15) is 19.8 Å². The van der Waals surface area contributed by atoms with Crippen molar-refractivity contribution in [1.82, 2.24) is 9.55 Å². The van der Waals surface area contributed by atoms with Crippen LogP contribution in [0.3, 0.4) is 0 Å². The van der Waals surface area contributed by atoms with Crippen molar-refractivity contribution in [3.63, 3.8) is 0 Å². The molecule has 1 amide bonds. The first-order valence-corrected chi connectivity index (χ1v) is 7.13. The van der Waals surface area contributed by atoms with Gasteiger partial charge in [0, 0.05) is 22.5 Å². The molecule has 2 aromatic heterocycles. The van der Waals surface area contributed by atoms with Crippen molar-refractivity contribution in [3.05, 3.63) is 52.1 Å². The molecule has 8 heteroatoms. The number of rotatable bonds is 3. The van der Waals surface area contributed by atoms with Gasteiger partial charge in [0.2, 0.25) is 0 Å². The van der Waals surface area contributed by atoms with Gasteiger partial charge in [-0.1, -0.05) is 18.2 Å². The summed E-state index contributed by atoms with van der Waals surface area (Å²) in [5.41, 5.74) is 6.09. The first-order chi connectivity index (χ1) is 10.5. The third-order valence-electron chi connectivity index (χ3n) is 3.25. The predicted octanol–water partition coefficient (Wildman–Crippen LogP) is 1.80. The van der Waals surface area contributed by atoms with Gasteiger partial charge in [0.15, 0.2) is 0 Å². The lowest BCUT2D eigenvalue weighted by Gasteiger charge is -2.05. The Morgan fingerprint density at radius 3 is 2.68 bits per heavy atom. The van der Waals surface area contributed by atoms with Gasteiger partial charge in [0.1, 0.15) is 16.8 Å². The van der Waals surface area contributed by atoms with E-state index in [2.05, 4.69) is 4.98 Å². The number of carbonyl (C=O) groups is 2. The molecule has 0 spiro atoms. The molecular weight excluding hydrogens is 306 g/mol. The van der Waals surface area contributed by atoms with Crippen molar-refractivity contribution in [2.24, 2.45) is 5.73 Å². The van der Waals surface area contributed by atoms with Crippen LogP contribution >= 0.6 is 11.3 Å². The number of primary amides is 1. The molecule has 0 aliphatic heterocycles. The molecule has 1 aromatic carbocycles. The van der Waals surface area contributed by atoms with Gasteiger partial charge in [-0.3, -0.25) is 9.36 Å². The van der Waals surface area contributed by atoms with Crippen LogP contribution in [0.25, 0.3) is 10.9 Å². The van der Waals surface area contributed by atoms with Crippen LogP contribution in [0.1, 0.15) is 27.2 Å². The Hall–Kier alpha value is -2.71. The fourth-order valence-corrected chi connectivity index (χ4v) is 3.05. The molecule has 3 aromatic rings. The minimum atomic E-state index is -1.15. The number of nitrogens with zero attached hydrogens (tertiary/aromatic N) is 2. The zero-order valence-electron chi connectivity index (χ0n) is 11.1. The number of fused-ring (bicyclic) bond motifs is 1. The Morgan fingerprint density at radius 1 is 1.32 bits per heavy atom. The van der Waals surface area contributed by atoms with Crippen LogP contribution in [0.15, 0.2) is 35.8 Å². The van der Waals surface area contributed by atoms with E-state index in [4.69, 9.17) is 5.73 Å². The summed E-state index contributed by atoms with van der Waals surface area (Å²) in [6.45, 7) is 0. The SMILES string of the molecule is NC(=O)c1csc(C(O)c2cn(C(=O)O)c3ccccc23)n1. The minimum absolute atomic E-state index is 0.0704. The number of benzene rings is 1. The van der Waals surface area contributed by atoms with Gasteiger partial charge in [-0.25, -0.2) is 9.78 Å². The molecule has 1 unspecified atom stereocenters. The largest absolute Gasteiger partial charge is 0.464 e. The topological polar surface area (TPSA) is 118 Å². The summed E-state index contributed by atoms with van der Waals surface area (Å²) in [7, 11) is 0. The second-order valence-corrected chi connectivity index (χ2v) is 5.48. The number of hydrogen-bond acceptors (Lipinski definition) is 5. The molecule has 0 bridgehead atoms. The summed E-state index contributed by atoms with van der Waals surface area (Å²) in [5.74, 6) is -0.678. The number of nitrogens with two attached hydrogens (primary N) is 1. The number of carboxylic acid groups (broad SMARTS) is 1. The molecule has 112 valence electrons. The molecule has 7 nitrogen and oxygen atoms in total. The number of aliphatic hydroxyl groups excluding tert-OH is 1. The minimum Gasteiger partial charge on any atom is -0.464 e. The molecular formula is C14H11N3O4S. The zero-order valence-corrected chi connectivity index (χ0v) is 11.9. The number of para-hydroxylation sites is 1. The van der Waals surface area contributed by atoms with Crippen molar-refractivity contribution < 1.29 is 19.8 Å². The van der Waals surface area contributed by atoms with Gasteiger partial charge in [-0.15, -0.1) is 11.3 Å². The number of amides is 1. The second kappa shape index (κ2) is 5.24. The van der Waals surface area contributed by atoms with Crippen molar-refractivity contribution in [2.75, 3.05) is 0 Å². The predicted molar refractivity (Wildman–Crippen MR) is 80.1 cm³/mol. The molecule has 4 N–H and O–H groups in total. The molecule has 0 aliphatic carbocycles. The number of aliphatic hydroxyl groups is 1. The molecule has 0 aliphatic rings. The monoisotopic (exact) mass is 317 g/mol. The maximum absolute atomic E-state index is 11.3. The van der Waals surface area contributed by atoms with Crippen LogP contribution in [-0.2, 0) is 0 Å². The van der Waals surface area contributed by atoms with Gasteiger partial charge in [-0.05, 0) is 6.07 Å². The van der Waals surface area contributed by atoms with Crippen LogP contribution in [0.5, 0.6) is 0 Å².